The Morgan fingerprint density at radius 1 is 0.768 bits per heavy atom. The van der Waals surface area contributed by atoms with Crippen LogP contribution in [0.5, 0.6) is 0 Å². The van der Waals surface area contributed by atoms with Crippen LogP contribution in [0.2, 0.25) is 0 Å². The average molecular weight is 845 g/mol. The van der Waals surface area contributed by atoms with Gasteiger partial charge in [0.2, 0.25) is 11.8 Å². The summed E-state index contributed by atoms with van der Waals surface area (Å²) in [6.07, 6.45) is -5.59. The number of aliphatic hydroxyl groups excluding tert-OH is 4. The highest BCUT2D eigenvalue weighted by Crippen LogP contribution is 2.61. The summed E-state index contributed by atoms with van der Waals surface area (Å²) in [5.41, 5.74) is 3.27. The zero-order chi connectivity index (χ0) is 42.4. The fraction of sp³-hybridized carbons (Fsp3) is 0.735. The van der Waals surface area contributed by atoms with E-state index in [1.54, 1.807) is 6.92 Å². The van der Waals surface area contributed by atoms with Gasteiger partial charge < -0.3 is 64.6 Å². The Kier molecular flexibility index (Phi) is 20.8. The minimum Gasteiger partial charge on any atom is -0.394 e. The molecule has 2 aliphatic rings. The molecule has 0 aromatic rings. The van der Waals surface area contributed by atoms with E-state index >= 15 is 0 Å². The number of carbonyl (C=O) groups excluding carboxylic acids is 3. The first-order valence-electron chi connectivity index (χ1n) is 18.0. The summed E-state index contributed by atoms with van der Waals surface area (Å²) < 4.78 is 63.5. The first-order valence-corrected chi connectivity index (χ1v) is 21.0. The van der Waals surface area contributed by atoms with Crippen LogP contribution in [0.3, 0.4) is 0 Å². The second-order valence-electron chi connectivity index (χ2n) is 13.8. The maximum Gasteiger partial charge on any atom is 0.483 e. The van der Waals surface area contributed by atoms with Crippen LogP contribution in [-0.4, -0.2) is 136 Å². The Morgan fingerprint density at radius 3 is 1.88 bits per heavy atom. The molecule has 0 bridgehead atoms. The lowest BCUT2D eigenvalue weighted by molar-refractivity contribution is -0.331. The van der Waals surface area contributed by atoms with Gasteiger partial charge in [0.05, 0.1) is 19.8 Å². The molecule has 2 fully saturated rings. The van der Waals surface area contributed by atoms with Gasteiger partial charge in [-0.3, -0.25) is 18.6 Å². The van der Waals surface area contributed by atoms with E-state index in [9.17, 15) is 53.7 Å². The number of nitrogens with one attached hydrogen (secondary N) is 2. The Morgan fingerprint density at radius 2 is 1.32 bits per heavy atom. The topological polar surface area (TPSA) is 295 Å². The molecule has 2 amide bonds. The zero-order valence-electron chi connectivity index (χ0n) is 32.6. The molecule has 56 heavy (non-hydrogen) atoms. The van der Waals surface area contributed by atoms with E-state index in [1.807, 2.05) is 20.8 Å². The Balaban J connectivity index is 2.29. The van der Waals surface area contributed by atoms with E-state index < -0.39 is 115 Å². The van der Waals surface area contributed by atoms with Crippen LogP contribution in [0.25, 0.3) is 0 Å². The van der Waals surface area contributed by atoms with Gasteiger partial charge in [-0.2, -0.15) is 4.31 Å². The van der Waals surface area contributed by atoms with E-state index in [-0.39, 0.29) is 0 Å². The monoisotopic (exact) mass is 844 g/mol. The summed E-state index contributed by atoms with van der Waals surface area (Å²) in [5, 5.41) is 46.0. The average Bonchev–Trinajstić information content (AvgIpc) is 3.08. The Hall–Kier alpha value is -2.23. The second-order valence-corrected chi connectivity index (χ2v) is 16.8. The van der Waals surface area contributed by atoms with Gasteiger partial charge in [0.15, 0.2) is 12.6 Å². The minimum atomic E-state index is -5.64. The lowest BCUT2D eigenvalue weighted by Crippen LogP contribution is -2.69. The lowest BCUT2D eigenvalue weighted by Gasteiger charge is -2.49. The molecule has 0 spiro atoms. The number of phosphoric acid groups is 2. The molecule has 2 aliphatic heterocycles. The van der Waals surface area contributed by atoms with Crippen molar-refractivity contribution in [3.05, 3.63) is 34.9 Å². The van der Waals surface area contributed by atoms with Crippen molar-refractivity contribution in [2.75, 3.05) is 19.8 Å². The number of rotatable bonds is 22. The number of hydrogen-bond donors (Lipinski definition) is 8. The Labute approximate surface area is 326 Å². The number of aliphatic hydroxyl groups is 4. The van der Waals surface area contributed by atoms with Gasteiger partial charge in [0.25, 0.3) is 0 Å². The van der Waals surface area contributed by atoms with Crippen LogP contribution in [0.4, 0.5) is 0 Å². The van der Waals surface area contributed by atoms with E-state index in [0.717, 1.165) is 32.3 Å². The van der Waals surface area contributed by atoms with Gasteiger partial charge >= 0.3 is 15.6 Å². The molecular formula is C34H58N2O18P2. The summed E-state index contributed by atoms with van der Waals surface area (Å²) in [6, 6.07) is -3.19. The van der Waals surface area contributed by atoms with Crippen molar-refractivity contribution in [1.82, 2.24) is 10.6 Å². The molecule has 8 N–H and O–H groups in total. The third-order valence-electron chi connectivity index (χ3n) is 8.54. The van der Waals surface area contributed by atoms with Crippen molar-refractivity contribution in [1.29, 1.82) is 0 Å². The molecule has 322 valence electrons. The SMILES string of the molecule is CC(=O)N[C@H]1[C@H](O[C@H]2[C@H](OC(C)C=O)[C@@H](NC(C)=O)[C@@H](OP(=O)(O)OP(=O)(O)OC/C=C(\C)CC/C=C(\C)CCC=C(C)C)O[C@@H]2CO)O[C@H](CO)[C@@H](O)[C@@H]1O. The first kappa shape index (κ1) is 49.9. The van der Waals surface area contributed by atoms with Gasteiger partial charge in [-0.15, -0.1) is 0 Å². The molecule has 0 aromatic heterocycles. The van der Waals surface area contributed by atoms with Crippen LogP contribution in [0, 0.1) is 0 Å². The molecule has 0 radical (unpaired) electrons. The van der Waals surface area contributed by atoms with Crippen LogP contribution in [-0.2, 0) is 55.8 Å². The van der Waals surface area contributed by atoms with Crippen molar-refractivity contribution in [3.8, 4) is 0 Å². The molecular weight excluding hydrogens is 786 g/mol. The standard InChI is InChI=1S/C34H58N2O18P2/c1-19(2)10-8-11-20(3)12-9-13-21(4)14-15-48-55(44,45)54-56(46,47)53-34-28(36-24(7)41)32(49-22(5)16-37)31(26(18-39)51-34)52-33-27(35-23(6)40)30(43)29(42)25(17-38)50-33/h10,12,14,16,22,25-34,38-39,42-43H,8-9,11,13,15,17-18H2,1-7H3,(H,35,40)(H,36,41)(H,44,45)(H,46,47)/b20-12+,21-14+/t22?,25-,26-,27-,28-,29-,30-,31-,32-,33+,34-/m1/s1. The molecule has 0 aromatic carbocycles. The van der Waals surface area contributed by atoms with Gasteiger partial charge in [0, 0.05) is 13.8 Å². The fourth-order valence-electron chi connectivity index (χ4n) is 5.79. The van der Waals surface area contributed by atoms with Crippen molar-refractivity contribution < 1.29 is 86.0 Å². The summed E-state index contributed by atoms with van der Waals surface area (Å²) >= 11 is 0. The fourth-order valence-corrected chi connectivity index (χ4v) is 7.89. The number of carbonyl (C=O) groups is 3. The van der Waals surface area contributed by atoms with Gasteiger partial charge in [-0.1, -0.05) is 34.9 Å². The highest BCUT2D eigenvalue weighted by atomic mass is 31.3. The minimum absolute atomic E-state index is 0.348. The second kappa shape index (κ2) is 23.4. The van der Waals surface area contributed by atoms with Crippen molar-refractivity contribution in [3.63, 3.8) is 0 Å². The third kappa shape index (κ3) is 16.6. The molecule has 3 unspecified atom stereocenters. The number of ether oxygens (including phenoxy) is 4. The molecule has 20 nitrogen and oxygen atoms in total. The van der Waals surface area contributed by atoms with Crippen LogP contribution in [0.1, 0.15) is 74.1 Å². The summed E-state index contributed by atoms with van der Waals surface area (Å²) in [5.74, 6) is -1.49. The largest absolute Gasteiger partial charge is 0.483 e. The number of hydrogen-bond acceptors (Lipinski definition) is 16. The smallest absolute Gasteiger partial charge is 0.394 e. The predicted molar refractivity (Wildman–Crippen MR) is 197 cm³/mol. The number of amides is 2. The molecule has 0 aliphatic carbocycles. The summed E-state index contributed by atoms with van der Waals surface area (Å²) in [7, 11) is -10.9. The van der Waals surface area contributed by atoms with E-state index in [0.29, 0.717) is 19.1 Å². The quantitative estimate of drug-likeness (QED) is 0.0431. The van der Waals surface area contributed by atoms with Crippen LogP contribution < -0.4 is 10.6 Å². The highest BCUT2D eigenvalue weighted by Gasteiger charge is 2.55. The molecule has 2 saturated heterocycles. The van der Waals surface area contributed by atoms with Gasteiger partial charge in [-0.05, 0) is 60.3 Å². The summed E-state index contributed by atoms with van der Waals surface area (Å²) in [6.45, 7) is 9.05. The van der Waals surface area contributed by atoms with Gasteiger partial charge in [0.1, 0.15) is 61.1 Å². The Bertz CT molecular complexity index is 1490. The van der Waals surface area contributed by atoms with Crippen molar-refractivity contribution in [2.45, 2.75) is 142 Å². The maximum absolute atomic E-state index is 13.2. The van der Waals surface area contributed by atoms with E-state index in [1.165, 1.54) is 24.1 Å². The lowest BCUT2D eigenvalue weighted by atomic mass is 9.94. The normalized spacial score (nSPS) is 31.4. The predicted octanol–water partition coefficient (Wildman–Crippen LogP) is 1.18. The summed E-state index contributed by atoms with van der Waals surface area (Å²) in [4.78, 5) is 57.0. The van der Waals surface area contributed by atoms with Crippen LogP contribution >= 0.6 is 15.6 Å². The molecule has 2 heterocycles. The first-order chi connectivity index (χ1) is 26.1. The number of allylic oxidation sites excluding steroid dienone is 5. The zero-order valence-corrected chi connectivity index (χ0v) is 34.4. The van der Waals surface area contributed by atoms with E-state index in [4.69, 9.17) is 28.0 Å². The highest BCUT2D eigenvalue weighted by molar-refractivity contribution is 7.61. The van der Waals surface area contributed by atoms with E-state index in [2.05, 4.69) is 27.1 Å². The van der Waals surface area contributed by atoms with Crippen molar-refractivity contribution in [2.24, 2.45) is 0 Å². The molecule has 22 heteroatoms. The van der Waals surface area contributed by atoms with Gasteiger partial charge in [-0.25, -0.2) is 9.13 Å². The maximum atomic E-state index is 13.2. The van der Waals surface area contributed by atoms with Crippen molar-refractivity contribution >= 4 is 33.7 Å². The van der Waals surface area contributed by atoms with Crippen LogP contribution in [0.15, 0.2) is 34.9 Å². The number of aldehydes is 1. The molecule has 2 rings (SSSR count). The molecule has 0 saturated carbocycles. The number of phosphoric ester groups is 2. The molecule has 13 atom stereocenters. The third-order valence-corrected chi connectivity index (χ3v) is 11.1.